The van der Waals surface area contributed by atoms with Crippen molar-refractivity contribution in [2.75, 3.05) is 19.0 Å². The van der Waals surface area contributed by atoms with E-state index in [1.54, 1.807) is 45.0 Å². The molecule has 2 saturated carbocycles. The number of carbonyl (C=O) groups excluding carboxylic acids is 4. The van der Waals surface area contributed by atoms with E-state index in [1.165, 1.54) is 35.6 Å². The Morgan fingerprint density at radius 1 is 1.05 bits per heavy atom. The van der Waals surface area contributed by atoms with Gasteiger partial charge in [0.2, 0.25) is 27.4 Å². The van der Waals surface area contributed by atoms with Crippen molar-refractivity contribution in [3.8, 4) is 23.0 Å². The second-order valence-electron chi connectivity index (χ2n) is 16.8. The third-order valence-electron chi connectivity index (χ3n) is 11.2. The highest BCUT2D eigenvalue weighted by Crippen LogP contribution is 2.46. The van der Waals surface area contributed by atoms with Crippen molar-refractivity contribution in [3.05, 3.63) is 72.3 Å². The summed E-state index contributed by atoms with van der Waals surface area (Å²) in [6.07, 6.45) is -3.72. The lowest BCUT2D eigenvalue weighted by molar-refractivity contribution is -0.274. The molecule has 0 unspecified atom stereocenters. The van der Waals surface area contributed by atoms with Crippen molar-refractivity contribution in [1.29, 1.82) is 0 Å². The lowest BCUT2D eigenvalue weighted by Gasteiger charge is -2.35. The maximum absolute atomic E-state index is 14.9. The molecule has 2 aromatic carbocycles. The third-order valence-corrected chi connectivity index (χ3v) is 13.8. The van der Waals surface area contributed by atoms with E-state index in [9.17, 15) is 40.8 Å². The highest BCUT2D eigenvalue weighted by atomic mass is 32.2. The van der Waals surface area contributed by atoms with Crippen LogP contribution < -0.4 is 24.8 Å². The molecule has 338 valence electrons. The number of anilines is 1. The minimum absolute atomic E-state index is 0.0159. The lowest BCUT2D eigenvalue weighted by Crippen LogP contribution is -2.58. The van der Waals surface area contributed by atoms with Crippen LogP contribution in [0.4, 0.5) is 18.3 Å². The third kappa shape index (κ3) is 8.92. The molecule has 5 aromatic rings. The number of benzene rings is 2. The van der Waals surface area contributed by atoms with Gasteiger partial charge in [-0.2, -0.15) is 4.98 Å². The normalized spacial score (nSPS) is 21.5. The standard InChI is InChI=1S/C42H42F3N7O10S2/c1-6-22-18-41(22,38(56)51-64(57,58)25-15-16-25)50-34(53)28-17-24(19-52(28)36(54)32(40(2,3)4)48-39-46-27(20-63-39)37(55)59-5)60-35-31-30(26-9-7-8-10-29(26)61-31)47-33(49-35)21-11-13-23(14-12-21)62-42(43,44)45/h6-14,20,22,24-25,28,32H,1,15-19H2,2-5H3,(H,46,48)(H,50,53)(H,51,56)/t22-,24-,28+,32-,41-/m1/s1. The van der Waals surface area contributed by atoms with Crippen LogP contribution in [0.15, 0.2) is 71.0 Å². The van der Waals surface area contributed by atoms with Gasteiger partial charge in [0.1, 0.15) is 40.6 Å². The van der Waals surface area contributed by atoms with Gasteiger partial charge >= 0.3 is 12.3 Å². The quantitative estimate of drug-likeness (QED) is 0.0895. The van der Waals surface area contributed by atoms with Gasteiger partial charge in [-0.25, -0.2) is 23.2 Å². The Hall–Kier alpha value is -6.29. The summed E-state index contributed by atoms with van der Waals surface area (Å²) in [5.41, 5.74) is -1.32. The molecular weight excluding hydrogens is 884 g/mol. The maximum Gasteiger partial charge on any atom is 0.573 e. The second kappa shape index (κ2) is 16.4. The van der Waals surface area contributed by atoms with Crippen LogP contribution in [0.5, 0.6) is 11.6 Å². The summed E-state index contributed by atoms with van der Waals surface area (Å²) < 4.78 is 88.2. The van der Waals surface area contributed by atoms with Crippen molar-refractivity contribution in [2.24, 2.45) is 11.3 Å². The van der Waals surface area contributed by atoms with E-state index in [4.69, 9.17) is 13.9 Å². The van der Waals surface area contributed by atoms with Crippen LogP contribution in [-0.2, 0) is 29.1 Å². The van der Waals surface area contributed by atoms with Gasteiger partial charge in [-0.3, -0.25) is 19.1 Å². The number of nitrogens with zero attached hydrogens (tertiary/aromatic N) is 4. The van der Waals surface area contributed by atoms with Crippen LogP contribution in [-0.4, -0.2) is 101 Å². The number of likely N-dealkylation sites (tertiary alicyclic amines) is 1. The number of esters is 1. The van der Waals surface area contributed by atoms with Gasteiger partial charge in [-0.1, -0.05) is 39.0 Å². The van der Waals surface area contributed by atoms with Crippen LogP contribution in [0.1, 0.15) is 56.9 Å². The summed E-state index contributed by atoms with van der Waals surface area (Å²) >= 11 is 1.06. The molecule has 1 aliphatic heterocycles. The monoisotopic (exact) mass is 925 g/mol. The van der Waals surface area contributed by atoms with Crippen LogP contribution in [0.25, 0.3) is 33.5 Å². The highest BCUT2D eigenvalue weighted by molar-refractivity contribution is 7.91. The largest absolute Gasteiger partial charge is 0.573 e. The van der Waals surface area contributed by atoms with Crippen molar-refractivity contribution < 1.29 is 59.4 Å². The number of furan rings is 1. The SMILES string of the molecule is C=C[C@@H]1C[C@]1(NC(=O)[C@@H]1C[C@@H](Oc2nc(-c3ccc(OC(F)(F)F)cc3)nc3c2oc2ccccc23)CN1C(=O)[C@@H](Nc1nc(C(=O)OC)cs1)C(C)(C)C)C(=O)NS(=O)(=O)C1CC1. The zero-order valence-electron chi connectivity index (χ0n) is 34.7. The Bertz CT molecular complexity index is 2790. The average Bonchev–Trinajstić information content (AvgIpc) is 4.07. The zero-order valence-corrected chi connectivity index (χ0v) is 36.4. The Morgan fingerprint density at radius 3 is 2.41 bits per heavy atom. The number of para-hydroxylation sites is 1. The molecule has 0 spiro atoms. The van der Waals surface area contributed by atoms with Crippen molar-refractivity contribution in [3.63, 3.8) is 0 Å². The number of ether oxygens (including phenoxy) is 3. The van der Waals surface area contributed by atoms with Gasteiger partial charge in [0.05, 0.1) is 18.9 Å². The van der Waals surface area contributed by atoms with E-state index in [0.717, 1.165) is 23.5 Å². The number of methoxy groups -OCH3 is 1. The van der Waals surface area contributed by atoms with Gasteiger partial charge in [0.15, 0.2) is 16.6 Å². The minimum Gasteiger partial charge on any atom is -0.470 e. The molecule has 3 aliphatic rings. The predicted molar refractivity (Wildman–Crippen MR) is 226 cm³/mol. The number of fused-ring (bicyclic) bond motifs is 3. The first-order valence-electron chi connectivity index (χ1n) is 20.0. The number of amides is 3. The molecule has 0 radical (unpaired) electrons. The molecular formula is C42H42F3N7O10S2. The maximum atomic E-state index is 14.9. The summed E-state index contributed by atoms with van der Waals surface area (Å²) in [6, 6.07) is 9.52. The highest BCUT2D eigenvalue weighted by Gasteiger charge is 2.62. The molecule has 3 amide bonds. The van der Waals surface area contributed by atoms with Gasteiger partial charge in [-0.15, -0.1) is 31.1 Å². The van der Waals surface area contributed by atoms with Gasteiger partial charge in [0.25, 0.3) is 11.8 Å². The van der Waals surface area contributed by atoms with E-state index in [0.29, 0.717) is 34.9 Å². The van der Waals surface area contributed by atoms with E-state index < -0.39 is 86.1 Å². The van der Waals surface area contributed by atoms with E-state index in [2.05, 4.69) is 41.6 Å². The number of alkyl halides is 3. The predicted octanol–water partition coefficient (Wildman–Crippen LogP) is 5.73. The smallest absolute Gasteiger partial charge is 0.470 e. The molecule has 5 atom stereocenters. The summed E-state index contributed by atoms with van der Waals surface area (Å²) in [5, 5.41) is 7.44. The van der Waals surface area contributed by atoms with Crippen molar-refractivity contribution in [1.82, 2.24) is 29.9 Å². The number of hydrogen-bond donors (Lipinski definition) is 3. The number of hydrogen-bond acceptors (Lipinski definition) is 15. The summed E-state index contributed by atoms with van der Waals surface area (Å²) in [6.45, 7) is 8.93. The molecule has 3 fully saturated rings. The molecule has 3 N–H and O–H groups in total. The van der Waals surface area contributed by atoms with Gasteiger partial charge in [0, 0.05) is 28.7 Å². The number of halogens is 3. The topological polar surface area (TPSA) is 221 Å². The first-order valence-corrected chi connectivity index (χ1v) is 22.5. The summed E-state index contributed by atoms with van der Waals surface area (Å²) in [7, 11) is -2.78. The van der Waals surface area contributed by atoms with Crippen LogP contribution in [0.2, 0.25) is 0 Å². The first-order chi connectivity index (χ1) is 30.2. The Labute approximate surface area is 367 Å². The van der Waals surface area contributed by atoms with Crippen LogP contribution in [0.3, 0.4) is 0 Å². The number of carbonyl (C=O) groups is 4. The number of thiazole rings is 1. The number of sulfonamides is 1. The number of rotatable bonds is 14. The second-order valence-corrected chi connectivity index (χ2v) is 19.7. The first kappa shape index (κ1) is 44.3. The van der Waals surface area contributed by atoms with E-state index in [1.807, 2.05) is 0 Å². The summed E-state index contributed by atoms with van der Waals surface area (Å²) in [4.78, 5) is 70.3. The Kier molecular flexibility index (Phi) is 11.3. The molecule has 8 rings (SSSR count). The van der Waals surface area contributed by atoms with Gasteiger partial charge in [-0.05, 0) is 61.1 Å². The Morgan fingerprint density at radius 2 is 1.77 bits per heavy atom. The number of aromatic nitrogens is 3. The van der Waals surface area contributed by atoms with Crippen molar-refractivity contribution in [2.45, 2.75) is 81.8 Å². The van der Waals surface area contributed by atoms with Crippen molar-refractivity contribution >= 4 is 72.3 Å². The van der Waals surface area contributed by atoms with E-state index in [-0.39, 0.29) is 47.5 Å². The fourth-order valence-electron chi connectivity index (χ4n) is 7.61. The minimum atomic E-state index is -4.91. The average molecular weight is 926 g/mol. The van der Waals surface area contributed by atoms with Crippen LogP contribution in [0, 0.1) is 11.3 Å². The molecule has 1 saturated heterocycles. The van der Waals surface area contributed by atoms with Crippen LogP contribution >= 0.6 is 11.3 Å². The molecule has 4 heterocycles. The molecule has 2 aliphatic carbocycles. The van der Waals surface area contributed by atoms with Gasteiger partial charge < -0.3 is 34.2 Å². The molecule has 22 heteroatoms. The van der Waals surface area contributed by atoms with E-state index >= 15 is 0 Å². The summed E-state index contributed by atoms with van der Waals surface area (Å²) in [5.74, 6) is -4.05. The molecule has 17 nitrogen and oxygen atoms in total. The fourth-order valence-corrected chi connectivity index (χ4v) is 9.68. The molecule has 0 bridgehead atoms. The Balaban J connectivity index is 1.14. The number of nitrogens with one attached hydrogen (secondary N) is 3. The lowest BCUT2D eigenvalue weighted by atomic mass is 9.85. The molecule has 64 heavy (non-hydrogen) atoms. The molecule has 3 aromatic heterocycles. The zero-order chi connectivity index (χ0) is 45.9. The fraction of sp³-hybridized carbons (Fsp3) is 0.405.